The maximum absolute atomic E-state index is 9.03. The fourth-order valence-corrected chi connectivity index (χ4v) is 2.85. The maximum atomic E-state index is 9.03. The normalized spacial score (nSPS) is 36.3. The molecule has 2 rings (SSSR count). The van der Waals surface area contributed by atoms with Crippen LogP contribution < -0.4 is 0 Å². The van der Waals surface area contributed by atoms with Crippen molar-refractivity contribution < 1.29 is 5.11 Å². The second kappa shape index (κ2) is 2.72. The molecule has 0 aliphatic carbocycles. The number of likely N-dealkylation sites (tertiary alicyclic amines) is 1. The molecule has 0 spiro atoms. The van der Waals surface area contributed by atoms with E-state index in [-0.39, 0.29) is 6.10 Å². The van der Waals surface area contributed by atoms with Crippen LogP contribution in [0.25, 0.3) is 0 Å². The number of aliphatic hydroxyl groups is 1. The average molecular weight is 159 g/mol. The zero-order chi connectivity index (χ0) is 6.97. The van der Waals surface area contributed by atoms with Crippen LogP contribution in [-0.2, 0) is 0 Å². The molecule has 3 heteroatoms. The SMILES string of the molecule is OC1CN([C@H]2CCSC2)C1. The monoisotopic (exact) mass is 159 g/mol. The van der Waals surface area contributed by atoms with E-state index in [1.807, 2.05) is 11.8 Å². The first-order chi connectivity index (χ1) is 4.86. The van der Waals surface area contributed by atoms with E-state index >= 15 is 0 Å². The van der Waals surface area contributed by atoms with Gasteiger partial charge in [0.05, 0.1) is 6.10 Å². The molecule has 1 atom stereocenters. The molecule has 10 heavy (non-hydrogen) atoms. The molecule has 2 heterocycles. The van der Waals surface area contributed by atoms with Gasteiger partial charge in [-0.3, -0.25) is 4.90 Å². The summed E-state index contributed by atoms with van der Waals surface area (Å²) in [5, 5.41) is 9.03. The summed E-state index contributed by atoms with van der Waals surface area (Å²) in [5.41, 5.74) is 0. The van der Waals surface area contributed by atoms with Crippen LogP contribution in [0.4, 0.5) is 0 Å². The Balaban J connectivity index is 1.78. The number of rotatable bonds is 1. The summed E-state index contributed by atoms with van der Waals surface area (Å²) in [4.78, 5) is 2.39. The molecule has 0 radical (unpaired) electrons. The third kappa shape index (κ3) is 1.18. The van der Waals surface area contributed by atoms with Gasteiger partial charge in [-0.1, -0.05) is 0 Å². The minimum Gasteiger partial charge on any atom is -0.390 e. The second-order valence-electron chi connectivity index (χ2n) is 3.13. The van der Waals surface area contributed by atoms with Gasteiger partial charge in [-0.2, -0.15) is 11.8 Å². The van der Waals surface area contributed by atoms with Crippen LogP contribution in [0, 0.1) is 0 Å². The topological polar surface area (TPSA) is 23.5 Å². The lowest BCUT2D eigenvalue weighted by Gasteiger charge is -2.40. The van der Waals surface area contributed by atoms with Crippen LogP contribution in [-0.4, -0.2) is 46.7 Å². The van der Waals surface area contributed by atoms with Crippen molar-refractivity contribution in [3.63, 3.8) is 0 Å². The first kappa shape index (κ1) is 6.95. The maximum Gasteiger partial charge on any atom is 0.0794 e. The predicted molar refractivity (Wildman–Crippen MR) is 43.3 cm³/mol. The molecule has 0 aromatic heterocycles. The van der Waals surface area contributed by atoms with Crippen molar-refractivity contribution in [2.24, 2.45) is 0 Å². The minimum atomic E-state index is -0.0226. The lowest BCUT2D eigenvalue weighted by atomic mass is 10.1. The summed E-state index contributed by atoms with van der Waals surface area (Å²) >= 11 is 2.04. The van der Waals surface area contributed by atoms with Gasteiger partial charge in [0, 0.05) is 24.9 Å². The van der Waals surface area contributed by atoms with Gasteiger partial charge in [0.15, 0.2) is 0 Å². The number of hydrogen-bond acceptors (Lipinski definition) is 3. The van der Waals surface area contributed by atoms with Gasteiger partial charge in [-0.15, -0.1) is 0 Å². The Kier molecular flexibility index (Phi) is 1.89. The minimum absolute atomic E-state index is 0.0226. The van der Waals surface area contributed by atoms with Crippen molar-refractivity contribution in [1.29, 1.82) is 0 Å². The molecule has 2 aliphatic rings. The lowest BCUT2D eigenvalue weighted by molar-refractivity contribution is -0.0184. The molecule has 1 N–H and O–H groups in total. The van der Waals surface area contributed by atoms with E-state index in [9.17, 15) is 0 Å². The van der Waals surface area contributed by atoms with E-state index in [1.54, 1.807) is 0 Å². The Morgan fingerprint density at radius 1 is 1.40 bits per heavy atom. The lowest BCUT2D eigenvalue weighted by Crippen LogP contribution is -2.55. The number of hydrogen-bond donors (Lipinski definition) is 1. The molecule has 2 saturated heterocycles. The Morgan fingerprint density at radius 2 is 2.20 bits per heavy atom. The number of nitrogens with zero attached hydrogens (tertiary/aromatic N) is 1. The Bertz CT molecular complexity index is 119. The molecule has 2 nitrogen and oxygen atoms in total. The Morgan fingerprint density at radius 3 is 2.70 bits per heavy atom. The quantitative estimate of drug-likeness (QED) is 0.590. The third-order valence-electron chi connectivity index (χ3n) is 2.31. The molecular formula is C7H13NOS. The number of thioether (sulfide) groups is 1. The van der Waals surface area contributed by atoms with Crippen LogP contribution >= 0.6 is 11.8 Å². The summed E-state index contributed by atoms with van der Waals surface area (Å²) in [7, 11) is 0. The zero-order valence-electron chi connectivity index (χ0n) is 5.99. The van der Waals surface area contributed by atoms with Crippen LogP contribution in [0.1, 0.15) is 6.42 Å². The highest BCUT2D eigenvalue weighted by Crippen LogP contribution is 2.25. The van der Waals surface area contributed by atoms with Crippen molar-refractivity contribution in [2.45, 2.75) is 18.6 Å². The standard InChI is InChI=1S/C7H13NOS/c9-7-3-8(4-7)6-1-2-10-5-6/h6-7,9H,1-5H2/t6-/m0/s1. The van der Waals surface area contributed by atoms with Gasteiger partial charge in [0.2, 0.25) is 0 Å². The molecule has 58 valence electrons. The van der Waals surface area contributed by atoms with E-state index in [4.69, 9.17) is 5.11 Å². The molecule has 0 amide bonds. The van der Waals surface area contributed by atoms with Crippen molar-refractivity contribution in [1.82, 2.24) is 4.90 Å². The average Bonchev–Trinajstić information content (AvgIpc) is 2.31. The fraction of sp³-hybridized carbons (Fsp3) is 1.00. The van der Waals surface area contributed by atoms with Gasteiger partial charge in [-0.05, 0) is 12.2 Å². The molecule has 0 bridgehead atoms. The molecular weight excluding hydrogens is 146 g/mol. The van der Waals surface area contributed by atoms with Crippen molar-refractivity contribution >= 4 is 11.8 Å². The first-order valence-corrected chi connectivity index (χ1v) is 5.01. The highest BCUT2D eigenvalue weighted by Gasteiger charge is 2.32. The Labute approximate surface area is 65.6 Å². The van der Waals surface area contributed by atoms with E-state index in [0.717, 1.165) is 19.1 Å². The molecule has 0 aromatic rings. The summed E-state index contributed by atoms with van der Waals surface area (Å²) in [6.07, 6.45) is 1.31. The second-order valence-corrected chi connectivity index (χ2v) is 4.27. The molecule has 0 aromatic carbocycles. The molecule has 2 aliphatic heterocycles. The van der Waals surface area contributed by atoms with Crippen LogP contribution in [0.5, 0.6) is 0 Å². The van der Waals surface area contributed by atoms with Crippen LogP contribution in [0.2, 0.25) is 0 Å². The zero-order valence-corrected chi connectivity index (χ0v) is 6.81. The van der Waals surface area contributed by atoms with Crippen LogP contribution in [0.15, 0.2) is 0 Å². The van der Waals surface area contributed by atoms with Gasteiger partial charge in [0.25, 0.3) is 0 Å². The number of aliphatic hydroxyl groups excluding tert-OH is 1. The highest BCUT2D eigenvalue weighted by molar-refractivity contribution is 7.99. The first-order valence-electron chi connectivity index (χ1n) is 3.86. The third-order valence-corrected chi connectivity index (χ3v) is 3.46. The Hall–Kier alpha value is 0.270. The van der Waals surface area contributed by atoms with Crippen molar-refractivity contribution in [3.05, 3.63) is 0 Å². The molecule has 0 unspecified atom stereocenters. The van der Waals surface area contributed by atoms with E-state index in [0.29, 0.717) is 0 Å². The van der Waals surface area contributed by atoms with E-state index in [2.05, 4.69) is 4.90 Å². The molecule has 2 fully saturated rings. The predicted octanol–water partition coefficient (Wildman–Crippen LogP) is 0.168. The van der Waals surface area contributed by atoms with Crippen LogP contribution in [0.3, 0.4) is 0 Å². The summed E-state index contributed by atoms with van der Waals surface area (Å²) in [5.74, 6) is 2.60. The van der Waals surface area contributed by atoms with Crippen molar-refractivity contribution in [3.8, 4) is 0 Å². The number of β-amino-alcohol motifs (C(OH)–C–C–N with tert-alkyl or cyclic N) is 1. The molecule has 0 saturated carbocycles. The van der Waals surface area contributed by atoms with Gasteiger partial charge in [-0.25, -0.2) is 0 Å². The summed E-state index contributed by atoms with van der Waals surface area (Å²) in [6.45, 7) is 1.84. The largest absolute Gasteiger partial charge is 0.390 e. The van der Waals surface area contributed by atoms with E-state index < -0.39 is 0 Å². The fourth-order valence-electron chi connectivity index (χ4n) is 1.60. The van der Waals surface area contributed by atoms with Gasteiger partial charge < -0.3 is 5.11 Å². The summed E-state index contributed by atoms with van der Waals surface area (Å²) in [6, 6.07) is 0.786. The van der Waals surface area contributed by atoms with Crippen molar-refractivity contribution in [2.75, 3.05) is 24.6 Å². The highest BCUT2D eigenvalue weighted by atomic mass is 32.2. The van der Waals surface area contributed by atoms with Gasteiger partial charge in [0.1, 0.15) is 0 Å². The smallest absolute Gasteiger partial charge is 0.0794 e. The summed E-state index contributed by atoms with van der Waals surface area (Å²) < 4.78 is 0. The van der Waals surface area contributed by atoms with E-state index in [1.165, 1.54) is 17.9 Å². The van der Waals surface area contributed by atoms with Gasteiger partial charge >= 0.3 is 0 Å².